The third-order valence-electron chi connectivity index (χ3n) is 3.05. The van der Waals surface area contributed by atoms with Gasteiger partial charge in [0, 0.05) is 6.04 Å². The molecule has 2 rings (SSSR count). The molecule has 2 N–H and O–H groups in total. The van der Waals surface area contributed by atoms with Gasteiger partial charge in [0.1, 0.15) is 0 Å². The highest BCUT2D eigenvalue weighted by atomic mass is 14.6. The van der Waals surface area contributed by atoms with Crippen molar-refractivity contribution in [3.8, 4) is 0 Å². The van der Waals surface area contributed by atoms with E-state index in [1.807, 2.05) is 6.92 Å². The van der Waals surface area contributed by atoms with Gasteiger partial charge in [-0.25, -0.2) is 0 Å². The van der Waals surface area contributed by atoms with Crippen molar-refractivity contribution in [1.29, 1.82) is 0 Å². The molecule has 0 aliphatic rings. The van der Waals surface area contributed by atoms with Gasteiger partial charge in [-0.05, 0) is 36.5 Å². The Balaban J connectivity index is 1.96. The molecule has 0 amide bonds. The molecule has 1 nitrogen and oxygen atoms in total. The van der Waals surface area contributed by atoms with Crippen LogP contribution in [0.3, 0.4) is 0 Å². The van der Waals surface area contributed by atoms with Gasteiger partial charge in [-0.3, -0.25) is 0 Å². The lowest BCUT2D eigenvalue weighted by Gasteiger charge is -2.07. The summed E-state index contributed by atoms with van der Waals surface area (Å²) in [7, 11) is 0. The Bertz CT molecular complexity index is 443. The normalized spacial score (nSPS) is 12.4. The molecule has 0 saturated heterocycles. The van der Waals surface area contributed by atoms with Crippen LogP contribution in [0.15, 0.2) is 54.6 Å². The highest BCUT2D eigenvalue weighted by Crippen LogP contribution is 2.12. The topological polar surface area (TPSA) is 26.0 Å². The molecule has 88 valence electrons. The molecule has 0 bridgehead atoms. The second-order valence-electron chi connectivity index (χ2n) is 4.52. The van der Waals surface area contributed by atoms with E-state index in [0.717, 1.165) is 12.8 Å². The molecule has 0 aromatic heterocycles. The average Bonchev–Trinajstić information content (AvgIpc) is 2.38. The van der Waals surface area contributed by atoms with E-state index >= 15 is 0 Å². The fraction of sp³-hybridized carbons (Fsp3) is 0.250. The summed E-state index contributed by atoms with van der Waals surface area (Å²) in [6, 6.07) is 19.3. The third-order valence-corrected chi connectivity index (χ3v) is 3.05. The molecule has 0 spiro atoms. The molecule has 0 radical (unpaired) electrons. The first-order chi connectivity index (χ1) is 8.25. The summed E-state index contributed by atoms with van der Waals surface area (Å²) in [5, 5.41) is 0. The largest absolute Gasteiger partial charge is 0.324 e. The molecule has 0 saturated carbocycles. The molecule has 0 fully saturated rings. The first kappa shape index (κ1) is 11.9. The second-order valence-corrected chi connectivity index (χ2v) is 4.52. The minimum absolute atomic E-state index is 0.123. The van der Waals surface area contributed by atoms with Gasteiger partial charge in [0.25, 0.3) is 0 Å². The van der Waals surface area contributed by atoms with Crippen LogP contribution < -0.4 is 5.73 Å². The second kappa shape index (κ2) is 5.65. The van der Waals surface area contributed by atoms with Gasteiger partial charge in [0.05, 0.1) is 0 Å². The lowest BCUT2D eigenvalue weighted by molar-refractivity contribution is 0.816. The van der Waals surface area contributed by atoms with Crippen LogP contribution in [0.1, 0.15) is 29.7 Å². The molecule has 2 aromatic carbocycles. The molecule has 0 unspecified atom stereocenters. The molecular weight excluding hydrogens is 206 g/mol. The van der Waals surface area contributed by atoms with Crippen LogP contribution in [0.25, 0.3) is 0 Å². The lowest BCUT2D eigenvalue weighted by Crippen LogP contribution is -2.04. The zero-order valence-electron chi connectivity index (χ0n) is 10.3. The first-order valence-electron chi connectivity index (χ1n) is 6.14. The van der Waals surface area contributed by atoms with Crippen molar-refractivity contribution >= 4 is 0 Å². The summed E-state index contributed by atoms with van der Waals surface area (Å²) in [5.74, 6) is 0. The monoisotopic (exact) mass is 225 g/mol. The SMILES string of the molecule is C[C@H](N)c1ccc(CCc2ccccc2)cc1. The number of benzene rings is 2. The zero-order valence-corrected chi connectivity index (χ0v) is 10.3. The van der Waals surface area contributed by atoms with E-state index in [1.165, 1.54) is 16.7 Å². The van der Waals surface area contributed by atoms with E-state index in [1.54, 1.807) is 0 Å². The molecule has 2 aromatic rings. The maximum Gasteiger partial charge on any atom is 0.0266 e. The molecule has 1 atom stereocenters. The van der Waals surface area contributed by atoms with Gasteiger partial charge in [-0.15, -0.1) is 0 Å². The Kier molecular flexibility index (Phi) is 3.94. The molecule has 0 heterocycles. The predicted molar refractivity (Wildman–Crippen MR) is 72.9 cm³/mol. The van der Waals surface area contributed by atoms with Crippen LogP contribution in [0.5, 0.6) is 0 Å². The smallest absolute Gasteiger partial charge is 0.0266 e. The van der Waals surface area contributed by atoms with Crippen LogP contribution in [-0.2, 0) is 12.8 Å². The maximum atomic E-state index is 5.83. The quantitative estimate of drug-likeness (QED) is 0.847. The van der Waals surface area contributed by atoms with E-state index in [0.29, 0.717) is 0 Å². The Morgan fingerprint density at radius 3 is 1.88 bits per heavy atom. The van der Waals surface area contributed by atoms with Gasteiger partial charge < -0.3 is 5.73 Å². The van der Waals surface area contributed by atoms with Crippen molar-refractivity contribution in [2.45, 2.75) is 25.8 Å². The fourth-order valence-corrected chi connectivity index (χ4v) is 1.92. The van der Waals surface area contributed by atoms with Crippen LogP contribution in [0.2, 0.25) is 0 Å². The molecule has 0 aliphatic carbocycles. The highest BCUT2D eigenvalue weighted by Gasteiger charge is 1.99. The number of rotatable bonds is 4. The van der Waals surface area contributed by atoms with Crippen molar-refractivity contribution < 1.29 is 0 Å². The maximum absolute atomic E-state index is 5.83. The van der Waals surface area contributed by atoms with Crippen molar-refractivity contribution in [3.05, 3.63) is 71.3 Å². The summed E-state index contributed by atoms with van der Waals surface area (Å²) in [5.41, 5.74) is 9.80. The third kappa shape index (κ3) is 3.43. The van der Waals surface area contributed by atoms with Crippen molar-refractivity contribution in [2.24, 2.45) is 5.73 Å². The van der Waals surface area contributed by atoms with Gasteiger partial charge >= 0.3 is 0 Å². The van der Waals surface area contributed by atoms with E-state index in [-0.39, 0.29) is 6.04 Å². The minimum Gasteiger partial charge on any atom is -0.324 e. The Hall–Kier alpha value is -1.60. The van der Waals surface area contributed by atoms with E-state index < -0.39 is 0 Å². The first-order valence-corrected chi connectivity index (χ1v) is 6.14. The molecule has 0 aliphatic heterocycles. The summed E-state index contributed by atoms with van der Waals surface area (Å²) < 4.78 is 0. The van der Waals surface area contributed by atoms with E-state index in [9.17, 15) is 0 Å². The number of hydrogen-bond acceptors (Lipinski definition) is 1. The van der Waals surface area contributed by atoms with Crippen molar-refractivity contribution in [1.82, 2.24) is 0 Å². The van der Waals surface area contributed by atoms with Crippen LogP contribution in [0, 0.1) is 0 Å². The Labute approximate surface area is 103 Å². The number of hydrogen-bond donors (Lipinski definition) is 1. The molecular formula is C16H19N. The van der Waals surface area contributed by atoms with Gasteiger partial charge in [-0.2, -0.15) is 0 Å². The standard InChI is InChI=1S/C16H19N/c1-13(17)16-11-9-15(10-12-16)8-7-14-5-3-2-4-6-14/h2-6,9-13H,7-8,17H2,1H3/t13-/m0/s1. The van der Waals surface area contributed by atoms with Crippen molar-refractivity contribution in [2.75, 3.05) is 0 Å². The fourth-order valence-electron chi connectivity index (χ4n) is 1.92. The highest BCUT2D eigenvalue weighted by molar-refractivity contribution is 5.25. The van der Waals surface area contributed by atoms with Gasteiger partial charge in [0.2, 0.25) is 0 Å². The van der Waals surface area contributed by atoms with Crippen LogP contribution >= 0.6 is 0 Å². The summed E-state index contributed by atoms with van der Waals surface area (Å²) >= 11 is 0. The summed E-state index contributed by atoms with van der Waals surface area (Å²) in [4.78, 5) is 0. The summed E-state index contributed by atoms with van der Waals surface area (Å²) in [6.45, 7) is 2.01. The van der Waals surface area contributed by atoms with Crippen molar-refractivity contribution in [3.63, 3.8) is 0 Å². The molecule has 1 heteroatoms. The van der Waals surface area contributed by atoms with Gasteiger partial charge in [-0.1, -0.05) is 54.6 Å². The van der Waals surface area contributed by atoms with E-state index in [4.69, 9.17) is 5.73 Å². The Morgan fingerprint density at radius 2 is 1.35 bits per heavy atom. The summed E-state index contributed by atoms with van der Waals surface area (Å²) in [6.07, 6.45) is 2.18. The predicted octanol–water partition coefficient (Wildman–Crippen LogP) is 3.49. The average molecular weight is 225 g/mol. The van der Waals surface area contributed by atoms with E-state index in [2.05, 4.69) is 54.6 Å². The number of nitrogens with two attached hydrogens (primary N) is 1. The lowest BCUT2D eigenvalue weighted by atomic mass is 10.0. The van der Waals surface area contributed by atoms with Crippen LogP contribution in [-0.4, -0.2) is 0 Å². The Morgan fingerprint density at radius 1 is 0.824 bits per heavy atom. The van der Waals surface area contributed by atoms with Gasteiger partial charge in [0.15, 0.2) is 0 Å². The zero-order chi connectivity index (χ0) is 12.1. The minimum atomic E-state index is 0.123. The number of aryl methyl sites for hydroxylation is 2. The molecule has 17 heavy (non-hydrogen) atoms. The van der Waals surface area contributed by atoms with Crippen LogP contribution in [0.4, 0.5) is 0 Å².